The van der Waals surface area contributed by atoms with E-state index in [4.69, 9.17) is 11.2 Å². The molecule has 0 fully saturated rings. The van der Waals surface area contributed by atoms with E-state index in [-0.39, 0.29) is 0 Å². The van der Waals surface area contributed by atoms with Crippen molar-refractivity contribution in [2.24, 2.45) is 0 Å². The van der Waals surface area contributed by atoms with Crippen molar-refractivity contribution in [3.63, 3.8) is 0 Å². The lowest BCUT2D eigenvalue weighted by molar-refractivity contribution is 0.174. The Kier molecular flexibility index (Phi) is 7.19. The molecule has 48 valence electrons. The van der Waals surface area contributed by atoms with E-state index in [1.165, 1.54) is 0 Å². The van der Waals surface area contributed by atoms with Crippen LogP contribution in [0, 0.1) is 23.1 Å². The molecule has 0 spiro atoms. The average molecular weight is 187 g/mol. The predicted molar refractivity (Wildman–Crippen MR) is 41.0 cm³/mol. The molecule has 0 aliphatic heterocycles. The zero-order chi connectivity index (χ0) is 6.95. The third-order valence-corrected chi connectivity index (χ3v) is 0.904. The minimum Gasteiger partial charge on any atom is -0.368 e. The van der Waals surface area contributed by atoms with Gasteiger partial charge in [0.1, 0.15) is 6.61 Å². The van der Waals surface area contributed by atoms with Gasteiger partial charge in [-0.1, -0.05) is 11.8 Å². The highest BCUT2D eigenvalue weighted by molar-refractivity contribution is 9.12. The summed E-state index contributed by atoms with van der Waals surface area (Å²) in [6.07, 6.45) is 5.65. The molecular weight excluding hydrogens is 180 g/mol. The van der Waals surface area contributed by atoms with Crippen LogP contribution >= 0.6 is 15.9 Å². The molecule has 0 saturated carbocycles. The Bertz CT molecular complexity index is 147. The van der Waals surface area contributed by atoms with Crippen molar-refractivity contribution >= 4 is 15.9 Å². The fourth-order valence-electron chi connectivity index (χ4n) is 0.302. The number of ether oxygens (including phenoxy) is 1. The van der Waals surface area contributed by atoms with Crippen molar-refractivity contribution in [2.45, 2.75) is 6.42 Å². The summed E-state index contributed by atoms with van der Waals surface area (Å²) in [5.41, 5.74) is 0. The van der Waals surface area contributed by atoms with Crippen LogP contribution < -0.4 is 0 Å². The first kappa shape index (κ1) is 8.56. The average Bonchev–Trinajstić information content (AvgIpc) is 1.89. The molecular formula is C7H7BrO. The van der Waals surface area contributed by atoms with Crippen molar-refractivity contribution in [1.82, 2.24) is 0 Å². The number of terminal acetylenes is 1. The Balaban J connectivity index is 2.91. The molecule has 0 radical (unpaired) electrons. The van der Waals surface area contributed by atoms with Crippen LogP contribution in [0.15, 0.2) is 0 Å². The maximum atomic E-state index is 4.93. The van der Waals surface area contributed by atoms with E-state index in [9.17, 15) is 0 Å². The number of hydrogen-bond acceptors (Lipinski definition) is 1. The summed E-state index contributed by atoms with van der Waals surface area (Å²) in [7, 11) is 0. The first-order chi connectivity index (χ1) is 4.41. The number of hydrogen-bond donors (Lipinski definition) is 0. The van der Waals surface area contributed by atoms with Gasteiger partial charge in [-0.3, -0.25) is 0 Å². The molecule has 0 amide bonds. The van der Waals surface area contributed by atoms with Gasteiger partial charge < -0.3 is 4.74 Å². The zero-order valence-electron chi connectivity index (χ0n) is 4.98. The molecule has 2 heteroatoms. The van der Waals surface area contributed by atoms with Crippen LogP contribution in [0.3, 0.4) is 0 Å². The second-order valence-electron chi connectivity index (χ2n) is 1.28. The fraction of sp³-hybridized carbons (Fsp3) is 0.429. The van der Waals surface area contributed by atoms with Gasteiger partial charge in [0.15, 0.2) is 0 Å². The Labute approximate surface area is 63.9 Å². The molecule has 0 aromatic carbocycles. The van der Waals surface area contributed by atoms with Crippen molar-refractivity contribution in [1.29, 1.82) is 0 Å². The van der Waals surface area contributed by atoms with Gasteiger partial charge in [-0.15, -0.1) is 6.42 Å². The van der Waals surface area contributed by atoms with Gasteiger partial charge in [-0.2, -0.15) is 0 Å². The SMILES string of the molecule is C#CCOCCC#CBr. The van der Waals surface area contributed by atoms with Gasteiger partial charge in [0.05, 0.1) is 6.61 Å². The monoisotopic (exact) mass is 186 g/mol. The summed E-state index contributed by atoms with van der Waals surface area (Å²) in [6, 6.07) is 0. The van der Waals surface area contributed by atoms with Gasteiger partial charge in [0, 0.05) is 22.4 Å². The van der Waals surface area contributed by atoms with E-state index in [1.54, 1.807) is 0 Å². The molecule has 0 N–H and O–H groups in total. The maximum absolute atomic E-state index is 4.93. The Hall–Kier alpha value is -0.440. The van der Waals surface area contributed by atoms with Crippen LogP contribution in [-0.4, -0.2) is 13.2 Å². The Morgan fingerprint density at radius 2 is 2.33 bits per heavy atom. The normalized spacial score (nSPS) is 7.11. The highest BCUT2D eigenvalue weighted by atomic mass is 79.9. The van der Waals surface area contributed by atoms with Crippen molar-refractivity contribution in [2.75, 3.05) is 13.2 Å². The van der Waals surface area contributed by atoms with Crippen LogP contribution in [0.2, 0.25) is 0 Å². The second-order valence-corrected chi connectivity index (χ2v) is 1.67. The largest absolute Gasteiger partial charge is 0.368 e. The molecule has 1 nitrogen and oxygen atoms in total. The molecule has 9 heavy (non-hydrogen) atoms. The summed E-state index contributed by atoms with van der Waals surface area (Å²) < 4.78 is 4.93. The van der Waals surface area contributed by atoms with Crippen LogP contribution in [0.1, 0.15) is 6.42 Å². The lowest BCUT2D eigenvalue weighted by atomic mass is 10.5. The standard InChI is InChI=1S/C7H7BrO/c1-2-6-9-7-4-3-5-8/h1H,4,6-7H2. The summed E-state index contributed by atoms with van der Waals surface area (Å²) in [4.78, 5) is 2.58. The van der Waals surface area contributed by atoms with Crippen molar-refractivity contribution < 1.29 is 4.74 Å². The van der Waals surface area contributed by atoms with Crippen LogP contribution in [0.25, 0.3) is 0 Å². The van der Waals surface area contributed by atoms with Gasteiger partial charge in [-0.25, -0.2) is 0 Å². The molecule has 0 heterocycles. The third-order valence-electron chi connectivity index (χ3n) is 0.624. The van der Waals surface area contributed by atoms with E-state index in [2.05, 4.69) is 32.6 Å². The van der Waals surface area contributed by atoms with E-state index in [1.807, 2.05) is 0 Å². The van der Waals surface area contributed by atoms with Crippen LogP contribution in [0.4, 0.5) is 0 Å². The van der Waals surface area contributed by atoms with E-state index in [0.29, 0.717) is 13.2 Å². The van der Waals surface area contributed by atoms with Crippen LogP contribution in [0.5, 0.6) is 0 Å². The minimum absolute atomic E-state index is 0.379. The van der Waals surface area contributed by atoms with Crippen molar-refractivity contribution in [3.8, 4) is 23.1 Å². The lowest BCUT2D eigenvalue weighted by Crippen LogP contribution is -1.91. The Morgan fingerprint density at radius 1 is 1.56 bits per heavy atom. The van der Waals surface area contributed by atoms with Gasteiger partial charge in [0.2, 0.25) is 0 Å². The molecule has 0 bridgehead atoms. The van der Waals surface area contributed by atoms with E-state index >= 15 is 0 Å². The smallest absolute Gasteiger partial charge is 0.107 e. The first-order valence-electron chi connectivity index (χ1n) is 2.51. The lowest BCUT2D eigenvalue weighted by Gasteiger charge is -1.91. The molecule has 0 saturated heterocycles. The van der Waals surface area contributed by atoms with E-state index < -0.39 is 0 Å². The molecule has 0 aliphatic carbocycles. The highest BCUT2D eigenvalue weighted by Gasteiger charge is 1.78. The molecule has 0 aliphatic rings. The van der Waals surface area contributed by atoms with Gasteiger partial charge in [-0.05, 0) is 4.83 Å². The molecule has 0 aromatic heterocycles. The number of halogens is 1. The van der Waals surface area contributed by atoms with Crippen molar-refractivity contribution in [3.05, 3.63) is 0 Å². The first-order valence-corrected chi connectivity index (χ1v) is 3.31. The molecule has 0 atom stereocenters. The Morgan fingerprint density at radius 3 is 2.89 bits per heavy atom. The van der Waals surface area contributed by atoms with E-state index in [0.717, 1.165) is 6.42 Å². The second kappa shape index (κ2) is 7.56. The van der Waals surface area contributed by atoms with Gasteiger partial charge >= 0.3 is 0 Å². The zero-order valence-corrected chi connectivity index (χ0v) is 6.57. The predicted octanol–water partition coefficient (Wildman–Crippen LogP) is 1.38. The highest BCUT2D eigenvalue weighted by Crippen LogP contribution is 1.80. The quantitative estimate of drug-likeness (QED) is 0.479. The molecule has 0 rings (SSSR count). The number of rotatable bonds is 3. The maximum Gasteiger partial charge on any atom is 0.107 e. The molecule has 0 aromatic rings. The summed E-state index contributed by atoms with van der Waals surface area (Å²) in [5, 5.41) is 0. The van der Waals surface area contributed by atoms with Gasteiger partial charge in [0.25, 0.3) is 0 Å². The van der Waals surface area contributed by atoms with Crippen LogP contribution in [-0.2, 0) is 4.74 Å². The third kappa shape index (κ3) is 7.56. The fourth-order valence-corrected chi connectivity index (χ4v) is 0.500. The topological polar surface area (TPSA) is 9.23 Å². The summed E-state index contributed by atoms with van der Waals surface area (Å²) >= 11 is 2.96. The molecule has 0 unspecified atom stereocenters. The summed E-state index contributed by atoms with van der Waals surface area (Å²) in [6.45, 7) is 0.993. The minimum atomic E-state index is 0.379. The summed E-state index contributed by atoms with van der Waals surface area (Å²) in [5.74, 6) is 5.14.